The zero-order valence-electron chi connectivity index (χ0n) is 3.98. The average Bonchev–Trinajstić information content (AvgIpc) is 2.12. The van der Waals surface area contributed by atoms with Gasteiger partial charge in [0, 0.05) is 11.1 Å². The van der Waals surface area contributed by atoms with Gasteiger partial charge in [-0.15, -0.1) is 0 Å². The Morgan fingerprint density at radius 1 is 2.00 bits per heavy atom. The zero-order chi connectivity index (χ0) is 5.98. The average molecular weight is 132 g/mol. The van der Waals surface area contributed by atoms with Gasteiger partial charge in [0.25, 0.3) is 5.37 Å². The Balaban J connectivity index is 2.41. The molecule has 1 heterocycles. The van der Waals surface area contributed by atoms with E-state index in [9.17, 15) is 10.1 Å². The molecule has 0 saturated carbocycles. The van der Waals surface area contributed by atoms with Crippen LogP contribution in [0.4, 0.5) is 0 Å². The van der Waals surface area contributed by atoms with Gasteiger partial charge in [-0.2, -0.15) is 0 Å². The second kappa shape index (κ2) is 2.13. The zero-order valence-corrected chi connectivity index (χ0v) is 4.80. The highest BCUT2D eigenvalue weighted by Gasteiger charge is 2.22. The highest BCUT2D eigenvalue weighted by atomic mass is 32.2. The smallest absolute Gasteiger partial charge is 0.263 e. The Morgan fingerprint density at radius 3 is 3.00 bits per heavy atom. The Morgan fingerprint density at radius 2 is 2.75 bits per heavy atom. The number of nitrogens with zero attached hydrogens (tertiary/aromatic N) is 2. The van der Waals surface area contributed by atoms with E-state index in [1.165, 1.54) is 0 Å². The summed E-state index contributed by atoms with van der Waals surface area (Å²) in [6.45, 7) is 0. The third-order valence-corrected chi connectivity index (χ3v) is 1.68. The van der Waals surface area contributed by atoms with Crippen LogP contribution in [0.5, 0.6) is 0 Å². The van der Waals surface area contributed by atoms with Crippen LogP contribution in [0.3, 0.4) is 0 Å². The van der Waals surface area contributed by atoms with Crippen LogP contribution in [0.15, 0.2) is 4.40 Å². The molecule has 5 heteroatoms. The minimum Gasteiger partial charge on any atom is -0.263 e. The van der Waals surface area contributed by atoms with E-state index in [-0.39, 0.29) is 4.92 Å². The van der Waals surface area contributed by atoms with E-state index in [4.69, 9.17) is 0 Å². The van der Waals surface area contributed by atoms with E-state index in [2.05, 4.69) is 4.40 Å². The van der Waals surface area contributed by atoms with E-state index >= 15 is 0 Å². The maximum Gasteiger partial charge on any atom is 0.283 e. The Bertz CT molecular complexity index is 127. The first kappa shape index (κ1) is 5.55. The summed E-state index contributed by atoms with van der Waals surface area (Å²) in [6, 6.07) is 0. The van der Waals surface area contributed by atoms with Crippen LogP contribution in [0.2, 0.25) is 0 Å². The summed E-state index contributed by atoms with van der Waals surface area (Å²) in [5.74, 6) is 0. The van der Waals surface area contributed by atoms with E-state index in [1.54, 1.807) is 6.21 Å². The van der Waals surface area contributed by atoms with Gasteiger partial charge in [0.1, 0.15) is 0 Å². The van der Waals surface area contributed by atoms with Crippen molar-refractivity contribution in [3.8, 4) is 0 Å². The van der Waals surface area contributed by atoms with Gasteiger partial charge in [0.15, 0.2) is 0 Å². The second-order valence-electron chi connectivity index (χ2n) is 1.37. The van der Waals surface area contributed by atoms with Crippen LogP contribution in [-0.2, 0) is 0 Å². The molecule has 4 nitrogen and oxygen atoms in total. The normalized spacial score (nSPS) is 26.2. The third-order valence-electron chi connectivity index (χ3n) is 0.799. The largest absolute Gasteiger partial charge is 0.283 e. The van der Waals surface area contributed by atoms with Crippen molar-refractivity contribution in [3.05, 3.63) is 10.1 Å². The van der Waals surface area contributed by atoms with Gasteiger partial charge >= 0.3 is 0 Å². The number of hydrogen-bond acceptors (Lipinski definition) is 4. The van der Waals surface area contributed by atoms with Crippen molar-refractivity contribution in [2.45, 2.75) is 11.8 Å². The minimum absolute atomic E-state index is 0.322. The molecule has 0 bridgehead atoms. The molecule has 0 N–H and O–H groups in total. The Hall–Kier alpha value is -0.580. The van der Waals surface area contributed by atoms with E-state index in [0.29, 0.717) is 6.42 Å². The minimum atomic E-state index is -0.519. The molecule has 8 heavy (non-hydrogen) atoms. The molecule has 0 aliphatic carbocycles. The van der Waals surface area contributed by atoms with Gasteiger partial charge in [0.05, 0.1) is 18.4 Å². The monoisotopic (exact) mass is 132 g/mol. The highest BCUT2D eigenvalue weighted by molar-refractivity contribution is 7.98. The lowest BCUT2D eigenvalue weighted by molar-refractivity contribution is -0.492. The van der Waals surface area contributed by atoms with Crippen molar-refractivity contribution in [1.82, 2.24) is 0 Å². The third kappa shape index (κ3) is 0.975. The predicted molar refractivity (Wildman–Crippen MR) is 31.5 cm³/mol. The molecule has 1 unspecified atom stereocenters. The summed E-state index contributed by atoms with van der Waals surface area (Å²) >= 11 is 1.02. The summed E-state index contributed by atoms with van der Waals surface area (Å²) in [4.78, 5) is 9.58. The first-order chi connectivity index (χ1) is 3.80. The van der Waals surface area contributed by atoms with E-state index in [1.807, 2.05) is 0 Å². The molecule has 1 aliphatic rings. The quantitative estimate of drug-likeness (QED) is 0.300. The lowest BCUT2D eigenvalue weighted by atomic mass is 10.5. The van der Waals surface area contributed by atoms with Gasteiger partial charge in [-0.3, -0.25) is 10.1 Å². The van der Waals surface area contributed by atoms with Crippen molar-refractivity contribution in [2.75, 3.05) is 0 Å². The Kier molecular flexibility index (Phi) is 1.48. The van der Waals surface area contributed by atoms with Crippen LogP contribution in [0.25, 0.3) is 0 Å². The number of rotatable bonds is 1. The van der Waals surface area contributed by atoms with Crippen molar-refractivity contribution < 1.29 is 4.92 Å². The van der Waals surface area contributed by atoms with Crippen molar-refractivity contribution in [3.63, 3.8) is 0 Å². The molecule has 0 fully saturated rings. The first-order valence-corrected chi connectivity index (χ1v) is 2.95. The fourth-order valence-electron chi connectivity index (χ4n) is 0.414. The SMILES string of the molecule is O=[N+]([O-])C1CC=NS1. The molecule has 44 valence electrons. The van der Waals surface area contributed by atoms with Gasteiger partial charge < -0.3 is 0 Å². The lowest BCUT2D eigenvalue weighted by Crippen LogP contribution is -2.10. The molecule has 0 radical (unpaired) electrons. The van der Waals surface area contributed by atoms with E-state index < -0.39 is 5.37 Å². The predicted octanol–water partition coefficient (Wildman–Crippen LogP) is 0.712. The molecule has 0 saturated heterocycles. The standard InChI is InChI=1S/C3H4N2O2S/c6-5(7)3-1-2-4-8-3/h2-3H,1H2. The number of hydrogen-bond donors (Lipinski definition) is 0. The molecular weight excluding hydrogens is 128 g/mol. The molecular formula is C3H4N2O2S. The molecule has 1 atom stereocenters. The molecule has 0 spiro atoms. The van der Waals surface area contributed by atoms with Gasteiger partial charge in [-0.1, -0.05) is 0 Å². The molecule has 0 aromatic rings. The van der Waals surface area contributed by atoms with Crippen molar-refractivity contribution in [2.24, 2.45) is 4.40 Å². The van der Waals surface area contributed by atoms with Gasteiger partial charge in [-0.25, -0.2) is 4.40 Å². The maximum absolute atomic E-state index is 9.91. The Labute approximate surface area is 50.3 Å². The summed E-state index contributed by atoms with van der Waals surface area (Å²) in [7, 11) is 0. The van der Waals surface area contributed by atoms with Crippen LogP contribution in [-0.4, -0.2) is 16.5 Å². The fraction of sp³-hybridized carbons (Fsp3) is 0.667. The molecule has 1 rings (SSSR count). The second-order valence-corrected chi connectivity index (χ2v) is 2.33. The van der Waals surface area contributed by atoms with Crippen molar-refractivity contribution >= 4 is 18.2 Å². The van der Waals surface area contributed by atoms with Crippen LogP contribution < -0.4 is 0 Å². The maximum atomic E-state index is 9.91. The fourth-order valence-corrected chi connectivity index (χ4v) is 0.976. The van der Waals surface area contributed by atoms with Crippen molar-refractivity contribution in [1.29, 1.82) is 0 Å². The first-order valence-electron chi connectivity index (χ1n) is 2.12. The summed E-state index contributed by atoms with van der Waals surface area (Å²) in [6.07, 6.45) is 2.04. The van der Waals surface area contributed by atoms with E-state index in [0.717, 1.165) is 11.9 Å². The van der Waals surface area contributed by atoms with Crippen LogP contribution >= 0.6 is 11.9 Å². The van der Waals surface area contributed by atoms with Crippen LogP contribution in [0, 0.1) is 10.1 Å². The molecule has 1 aliphatic heterocycles. The molecule has 0 aromatic carbocycles. The lowest BCUT2D eigenvalue weighted by Gasteiger charge is -1.92. The highest BCUT2D eigenvalue weighted by Crippen LogP contribution is 2.20. The van der Waals surface area contributed by atoms with Gasteiger partial charge in [-0.05, 0) is 0 Å². The summed E-state index contributed by atoms with van der Waals surface area (Å²) < 4.78 is 3.64. The summed E-state index contributed by atoms with van der Waals surface area (Å²) in [5.41, 5.74) is 0. The van der Waals surface area contributed by atoms with Crippen LogP contribution in [0.1, 0.15) is 6.42 Å². The number of nitro groups is 1. The summed E-state index contributed by atoms with van der Waals surface area (Å²) in [5, 5.41) is 9.39. The molecule has 0 amide bonds. The van der Waals surface area contributed by atoms with Gasteiger partial charge in [0.2, 0.25) is 0 Å². The molecule has 0 aromatic heterocycles. The topological polar surface area (TPSA) is 55.5 Å².